The van der Waals surface area contributed by atoms with Crippen LogP contribution in [-0.4, -0.2) is 30.5 Å². The van der Waals surface area contributed by atoms with Crippen LogP contribution in [0.5, 0.6) is 5.75 Å². The molecule has 0 aliphatic rings. The van der Waals surface area contributed by atoms with E-state index in [1.807, 2.05) is 7.05 Å². The van der Waals surface area contributed by atoms with Crippen LogP contribution < -0.4 is 4.74 Å². The summed E-state index contributed by atoms with van der Waals surface area (Å²) in [5.41, 5.74) is 0. The summed E-state index contributed by atoms with van der Waals surface area (Å²) in [5, 5.41) is 0.653. The molecule has 3 nitrogen and oxygen atoms in total. The number of carbonyl (C=O) groups excluding carboxylic acids is 1. The molecule has 0 radical (unpaired) electrons. The number of nitrogens with zero attached hydrogens (tertiary/aromatic N) is 1. The molecule has 0 aromatic heterocycles. The topological polar surface area (TPSA) is 29.5 Å². The first-order valence-electron chi connectivity index (χ1n) is 6.61. The predicted octanol–water partition coefficient (Wildman–Crippen LogP) is 3.61. The minimum Gasteiger partial charge on any atom is -0.481 e. The molecule has 2 atom stereocenters. The smallest absolute Gasteiger partial charge is 0.263 e. The number of amides is 1. The van der Waals surface area contributed by atoms with E-state index in [2.05, 4.69) is 13.8 Å². The summed E-state index contributed by atoms with van der Waals surface area (Å²) in [5.74, 6) is 1.15. The van der Waals surface area contributed by atoms with E-state index in [0.29, 0.717) is 16.7 Å². The normalized spacial score (nSPS) is 13.7. The Balaban J connectivity index is 2.54. The molecule has 0 heterocycles. The molecule has 0 saturated carbocycles. The lowest BCUT2D eigenvalue weighted by Gasteiger charge is -2.24. The van der Waals surface area contributed by atoms with Crippen molar-refractivity contribution in [3.8, 4) is 5.75 Å². The third-order valence-corrected chi connectivity index (χ3v) is 3.38. The van der Waals surface area contributed by atoms with Gasteiger partial charge in [0, 0.05) is 18.6 Å². The molecular formula is C15H22ClNO2. The summed E-state index contributed by atoms with van der Waals surface area (Å²) < 4.78 is 5.62. The van der Waals surface area contributed by atoms with Crippen LogP contribution in [0.4, 0.5) is 0 Å². The van der Waals surface area contributed by atoms with Gasteiger partial charge in [-0.15, -0.1) is 0 Å². The van der Waals surface area contributed by atoms with Crippen molar-refractivity contribution in [3.63, 3.8) is 0 Å². The van der Waals surface area contributed by atoms with Gasteiger partial charge in [-0.3, -0.25) is 4.79 Å². The van der Waals surface area contributed by atoms with Crippen molar-refractivity contribution >= 4 is 17.5 Å². The molecule has 19 heavy (non-hydrogen) atoms. The summed E-state index contributed by atoms with van der Waals surface area (Å²) in [6.45, 7) is 6.78. The molecule has 1 aromatic carbocycles. The summed E-state index contributed by atoms with van der Waals surface area (Å²) in [6.07, 6.45) is 0.569. The minimum atomic E-state index is -0.491. The highest BCUT2D eigenvalue weighted by atomic mass is 35.5. The van der Waals surface area contributed by atoms with Crippen molar-refractivity contribution < 1.29 is 9.53 Å². The molecule has 0 fully saturated rings. The average Bonchev–Trinajstić information content (AvgIpc) is 2.40. The zero-order valence-corrected chi connectivity index (χ0v) is 12.8. The van der Waals surface area contributed by atoms with Gasteiger partial charge in [0.05, 0.1) is 0 Å². The van der Waals surface area contributed by atoms with Gasteiger partial charge in [-0.05, 0) is 37.1 Å². The van der Waals surface area contributed by atoms with Gasteiger partial charge < -0.3 is 9.64 Å². The molecule has 0 bridgehead atoms. The lowest BCUT2D eigenvalue weighted by molar-refractivity contribution is -0.137. The Bertz CT molecular complexity index is 405. The average molecular weight is 284 g/mol. The molecular weight excluding hydrogens is 262 g/mol. The maximum absolute atomic E-state index is 12.1. The number of hydrogen-bond acceptors (Lipinski definition) is 2. The van der Waals surface area contributed by atoms with Crippen molar-refractivity contribution in [1.82, 2.24) is 4.90 Å². The second-order valence-corrected chi connectivity index (χ2v) is 5.38. The fraction of sp³-hybridized carbons (Fsp3) is 0.533. The van der Waals surface area contributed by atoms with Crippen molar-refractivity contribution in [1.29, 1.82) is 0 Å². The Morgan fingerprint density at radius 3 is 2.42 bits per heavy atom. The van der Waals surface area contributed by atoms with Crippen LogP contribution in [0.15, 0.2) is 24.3 Å². The van der Waals surface area contributed by atoms with E-state index in [-0.39, 0.29) is 5.91 Å². The highest BCUT2D eigenvalue weighted by Gasteiger charge is 2.20. The fourth-order valence-corrected chi connectivity index (χ4v) is 1.89. The summed E-state index contributed by atoms with van der Waals surface area (Å²) >= 11 is 5.80. The molecule has 0 aliphatic heterocycles. The van der Waals surface area contributed by atoms with Crippen LogP contribution in [-0.2, 0) is 4.79 Å². The largest absolute Gasteiger partial charge is 0.481 e. The Kier molecular flexibility index (Phi) is 6.16. The molecule has 106 valence electrons. The third kappa shape index (κ3) is 5.11. The van der Waals surface area contributed by atoms with Gasteiger partial charge in [0.2, 0.25) is 0 Å². The predicted molar refractivity (Wildman–Crippen MR) is 78.6 cm³/mol. The van der Waals surface area contributed by atoms with Crippen molar-refractivity contribution in [2.75, 3.05) is 13.6 Å². The Morgan fingerprint density at radius 2 is 1.89 bits per heavy atom. The first-order valence-corrected chi connectivity index (χ1v) is 6.99. The van der Waals surface area contributed by atoms with Crippen molar-refractivity contribution in [2.45, 2.75) is 33.3 Å². The second kappa shape index (κ2) is 7.39. The molecule has 1 amide bonds. The second-order valence-electron chi connectivity index (χ2n) is 4.95. The number of carbonyl (C=O) groups is 1. The maximum Gasteiger partial charge on any atom is 0.263 e. The van der Waals surface area contributed by atoms with Gasteiger partial charge >= 0.3 is 0 Å². The van der Waals surface area contributed by atoms with E-state index in [4.69, 9.17) is 16.3 Å². The zero-order valence-electron chi connectivity index (χ0n) is 12.0. The van der Waals surface area contributed by atoms with E-state index in [9.17, 15) is 4.79 Å². The first kappa shape index (κ1) is 15.8. The number of benzene rings is 1. The van der Waals surface area contributed by atoms with Crippen LogP contribution in [0.2, 0.25) is 5.02 Å². The molecule has 0 spiro atoms. The number of rotatable bonds is 6. The Morgan fingerprint density at radius 1 is 1.32 bits per heavy atom. The van der Waals surface area contributed by atoms with E-state index in [0.717, 1.165) is 13.0 Å². The number of ether oxygens (including phenoxy) is 1. The highest BCUT2D eigenvalue weighted by Crippen LogP contribution is 2.17. The van der Waals surface area contributed by atoms with Crippen LogP contribution >= 0.6 is 11.6 Å². The van der Waals surface area contributed by atoms with E-state index >= 15 is 0 Å². The molecule has 1 rings (SSSR count). The van der Waals surface area contributed by atoms with Crippen molar-refractivity contribution in [2.24, 2.45) is 5.92 Å². The molecule has 0 N–H and O–H groups in total. The van der Waals surface area contributed by atoms with Crippen LogP contribution in [0, 0.1) is 5.92 Å². The Hall–Kier alpha value is -1.22. The van der Waals surface area contributed by atoms with Gasteiger partial charge in [0.15, 0.2) is 6.10 Å². The number of halogens is 1. The van der Waals surface area contributed by atoms with Crippen molar-refractivity contribution in [3.05, 3.63) is 29.3 Å². The first-order chi connectivity index (χ1) is 8.93. The lowest BCUT2D eigenvalue weighted by atomic mass is 10.1. The van der Waals surface area contributed by atoms with Gasteiger partial charge in [0.25, 0.3) is 5.91 Å². The van der Waals surface area contributed by atoms with Crippen LogP contribution in [0.25, 0.3) is 0 Å². The van der Waals surface area contributed by atoms with E-state index in [1.165, 1.54) is 0 Å². The van der Waals surface area contributed by atoms with E-state index < -0.39 is 6.10 Å². The summed E-state index contributed by atoms with van der Waals surface area (Å²) in [7, 11) is 1.82. The maximum atomic E-state index is 12.1. The zero-order chi connectivity index (χ0) is 14.4. The molecule has 0 saturated heterocycles. The van der Waals surface area contributed by atoms with Gasteiger partial charge in [-0.2, -0.15) is 0 Å². The monoisotopic (exact) mass is 283 g/mol. The minimum absolute atomic E-state index is 0.00440. The molecule has 0 aliphatic carbocycles. The molecule has 2 unspecified atom stereocenters. The van der Waals surface area contributed by atoms with Gasteiger partial charge in [0.1, 0.15) is 5.75 Å². The highest BCUT2D eigenvalue weighted by molar-refractivity contribution is 6.30. The number of hydrogen-bond donors (Lipinski definition) is 0. The lowest BCUT2D eigenvalue weighted by Crippen LogP contribution is -2.40. The quantitative estimate of drug-likeness (QED) is 0.798. The summed E-state index contributed by atoms with van der Waals surface area (Å²) in [6, 6.07) is 7.02. The molecule has 4 heteroatoms. The third-order valence-electron chi connectivity index (χ3n) is 3.13. The SMILES string of the molecule is CCC(C)CN(C)C(=O)C(C)Oc1ccc(Cl)cc1. The van der Waals surface area contributed by atoms with Crippen LogP contribution in [0.1, 0.15) is 27.2 Å². The van der Waals surface area contributed by atoms with Gasteiger partial charge in [-0.25, -0.2) is 0 Å². The molecule has 1 aromatic rings. The van der Waals surface area contributed by atoms with Gasteiger partial charge in [-0.1, -0.05) is 31.9 Å². The summed E-state index contributed by atoms with van der Waals surface area (Å²) in [4.78, 5) is 13.9. The standard InChI is InChI=1S/C15H22ClNO2/c1-5-11(2)10-17(4)15(18)12(3)19-14-8-6-13(16)7-9-14/h6-9,11-12H,5,10H2,1-4H3. The Labute approximate surface area is 120 Å². The van der Waals surface area contributed by atoms with Crippen LogP contribution in [0.3, 0.4) is 0 Å². The van der Waals surface area contributed by atoms with E-state index in [1.54, 1.807) is 36.1 Å². The fourth-order valence-electron chi connectivity index (χ4n) is 1.76. The number of likely N-dealkylation sites (N-methyl/N-ethyl adjacent to an activating group) is 1.